The van der Waals surface area contributed by atoms with Crippen molar-refractivity contribution in [3.05, 3.63) is 50.5 Å². The molecule has 1 N–H and O–H groups in total. The lowest BCUT2D eigenvalue weighted by Gasteiger charge is -2.27. The average molecular weight is 347 g/mol. The Morgan fingerprint density at radius 2 is 2.21 bits per heavy atom. The fourth-order valence-corrected chi connectivity index (χ4v) is 3.46. The van der Waals surface area contributed by atoms with Gasteiger partial charge in [0.1, 0.15) is 5.76 Å². The molecule has 0 aliphatic carbocycles. The summed E-state index contributed by atoms with van der Waals surface area (Å²) in [5.74, 6) is 1.46. The molecule has 126 valence electrons. The van der Waals surface area contributed by atoms with Gasteiger partial charge in [-0.1, -0.05) is 0 Å². The number of aromatic nitrogens is 2. The van der Waals surface area contributed by atoms with E-state index in [-0.39, 0.29) is 5.56 Å². The number of aliphatic imine (C=N–C) groups is 1. The second kappa shape index (κ2) is 6.53. The molecule has 4 rings (SSSR count). The van der Waals surface area contributed by atoms with E-state index in [1.807, 2.05) is 6.07 Å². The number of aromatic amines is 1. The predicted octanol–water partition coefficient (Wildman–Crippen LogP) is 2.55. The number of H-pyrrole nitrogens is 1. The van der Waals surface area contributed by atoms with Crippen LogP contribution in [0.25, 0.3) is 0 Å². The van der Waals surface area contributed by atoms with Gasteiger partial charge in [0.15, 0.2) is 11.0 Å². The van der Waals surface area contributed by atoms with Crippen molar-refractivity contribution in [2.75, 3.05) is 13.1 Å². The van der Waals surface area contributed by atoms with Crippen LogP contribution in [-0.4, -0.2) is 33.7 Å². The highest BCUT2D eigenvalue weighted by molar-refractivity contribution is 6.28. The van der Waals surface area contributed by atoms with Crippen LogP contribution < -0.4 is 5.56 Å². The zero-order valence-electron chi connectivity index (χ0n) is 13.3. The van der Waals surface area contributed by atoms with Crippen LogP contribution in [0.1, 0.15) is 42.1 Å². The van der Waals surface area contributed by atoms with Crippen LogP contribution in [0.15, 0.2) is 26.3 Å². The summed E-state index contributed by atoms with van der Waals surface area (Å²) in [6.07, 6.45) is 3.88. The summed E-state index contributed by atoms with van der Waals surface area (Å²) in [6, 6.07) is 3.60. The molecule has 0 bridgehead atoms. The Balaban J connectivity index is 1.56. The van der Waals surface area contributed by atoms with Crippen molar-refractivity contribution < 1.29 is 4.42 Å². The molecule has 2 aliphatic rings. The number of hydrogen-bond donors (Lipinski definition) is 1. The maximum atomic E-state index is 12.5. The largest absolute Gasteiger partial charge is 0.448 e. The third-order valence-electron chi connectivity index (χ3n) is 4.55. The summed E-state index contributed by atoms with van der Waals surface area (Å²) in [5, 5.41) is 0.389. The molecular weight excluding hydrogens is 328 g/mol. The number of fused-ring (bicyclic) bond motifs is 1. The van der Waals surface area contributed by atoms with Gasteiger partial charge in [-0.05, 0) is 43.0 Å². The fraction of sp³-hybridized carbons (Fsp3) is 0.471. The Morgan fingerprint density at radius 1 is 1.29 bits per heavy atom. The van der Waals surface area contributed by atoms with Gasteiger partial charge in [-0.15, -0.1) is 0 Å². The Labute approximate surface area is 144 Å². The zero-order valence-corrected chi connectivity index (χ0v) is 14.1. The van der Waals surface area contributed by atoms with Gasteiger partial charge in [-0.25, -0.2) is 4.98 Å². The van der Waals surface area contributed by atoms with Crippen LogP contribution >= 0.6 is 11.6 Å². The highest BCUT2D eigenvalue weighted by Crippen LogP contribution is 2.20. The van der Waals surface area contributed by atoms with Gasteiger partial charge in [0.25, 0.3) is 5.56 Å². The summed E-state index contributed by atoms with van der Waals surface area (Å²) in [4.78, 5) is 26.8. The van der Waals surface area contributed by atoms with Crippen LogP contribution in [0.5, 0.6) is 0 Å². The van der Waals surface area contributed by atoms with Crippen molar-refractivity contribution in [2.45, 2.75) is 38.8 Å². The van der Waals surface area contributed by atoms with E-state index in [4.69, 9.17) is 16.0 Å². The first-order valence-corrected chi connectivity index (χ1v) is 8.69. The molecule has 0 saturated heterocycles. The maximum Gasteiger partial charge on any atom is 0.255 e. The average Bonchev–Trinajstić information content (AvgIpc) is 3.01. The molecule has 2 aromatic heterocycles. The van der Waals surface area contributed by atoms with Crippen molar-refractivity contribution >= 4 is 17.3 Å². The molecule has 7 heteroatoms. The molecule has 0 atom stereocenters. The monoisotopic (exact) mass is 346 g/mol. The first-order chi connectivity index (χ1) is 11.7. The molecule has 0 radical (unpaired) electrons. The summed E-state index contributed by atoms with van der Waals surface area (Å²) in [6.45, 7) is 2.88. The van der Waals surface area contributed by atoms with Crippen LogP contribution in [0.4, 0.5) is 0 Å². The van der Waals surface area contributed by atoms with Gasteiger partial charge in [0.2, 0.25) is 0 Å². The van der Waals surface area contributed by atoms with Gasteiger partial charge in [0.05, 0.1) is 23.5 Å². The van der Waals surface area contributed by atoms with Crippen molar-refractivity contribution in [2.24, 2.45) is 4.99 Å². The summed E-state index contributed by atoms with van der Waals surface area (Å²) in [5.41, 5.74) is 2.54. The van der Waals surface area contributed by atoms with E-state index in [1.165, 1.54) is 0 Å². The van der Waals surface area contributed by atoms with Crippen molar-refractivity contribution in [3.63, 3.8) is 0 Å². The van der Waals surface area contributed by atoms with Crippen LogP contribution in [0.2, 0.25) is 5.22 Å². The summed E-state index contributed by atoms with van der Waals surface area (Å²) >= 11 is 5.81. The predicted molar refractivity (Wildman–Crippen MR) is 91.6 cm³/mol. The van der Waals surface area contributed by atoms with E-state index >= 15 is 0 Å². The fourth-order valence-electron chi connectivity index (χ4n) is 3.30. The van der Waals surface area contributed by atoms with E-state index in [9.17, 15) is 4.79 Å². The summed E-state index contributed by atoms with van der Waals surface area (Å²) < 4.78 is 5.41. The van der Waals surface area contributed by atoms with Crippen molar-refractivity contribution in [1.29, 1.82) is 0 Å². The number of halogens is 1. The van der Waals surface area contributed by atoms with Crippen LogP contribution in [-0.2, 0) is 19.5 Å². The standard InChI is InChI=1S/C17H19ClN4O2/c18-15-5-4-11(24-15)9-22-8-6-13-12(10-22)17(23)21-16(20-13)14-3-1-2-7-19-14/h4-5H,1-3,6-10H2,(H,20,21,23). The molecule has 0 unspecified atom stereocenters. The first-order valence-electron chi connectivity index (χ1n) is 8.31. The molecule has 6 nitrogen and oxygen atoms in total. The smallest absolute Gasteiger partial charge is 0.255 e. The molecule has 2 aliphatic heterocycles. The molecule has 0 aromatic carbocycles. The van der Waals surface area contributed by atoms with E-state index in [1.54, 1.807) is 6.07 Å². The highest BCUT2D eigenvalue weighted by atomic mass is 35.5. The molecule has 0 saturated carbocycles. The van der Waals surface area contributed by atoms with Crippen molar-refractivity contribution in [1.82, 2.24) is 14.9 Å². The lowest BCUT2D eigenvalue weighted by atomic mass is 10.1. The number of rotatable bonds is 3. The summed E-state index contributed by atoms with van der Waals surface area (Å²) in [7, 11) is 0. The Bertz CT molecular complexity index is 839. The second-order valence-electron chi connectivity index (χ2n) is 6.29. The van der Waals surface area contributed by atoms with Crippen LogP contribution in [0, 0.1) is 0 Å². The topological polar surface area (TPSA) is 74.5 Å². The maximum absolute atomic E-state index is 12.5. The number of hydrogen-bond acceptors (Lipinski definition) is 5. The third-order valence-corrected chi connectivity index (χ3v) is 4.76. The van der Waals surface area contributed by atoms with Gasteiger partial charge < -0.3 is 9.40 Å². The first kappa shape index (κ1) is 15.6. The quantitative estimate of drug-likeness (QED) is 0.926. The molecule has 0 amide bonds. The van der Waals surface area contributed by atoms with E-state index in [2.05, 4.69) is 19.9 Å². The van der Waals surface area contributed by atoms with Gasteiger partial charge in [-0.3, -0.25) is 14.7 Å². The lowest BCUT2D eigenvalue weighted by molar-refractivity contribution is 0.222. The van der Waals surface area contributed by atoms with Gasteiger partial charge >= 0.3 is 0 Å². The molecule has 2 aromatic rings. The Morgan fingerprint density at radius 3 is 2.96 bits per heavy atom. The zero-order chi connectivity index (χ0) is 16.5. The molecule has 0 spiro atoms. The number of nitrogens with one attached hydrogen (secondary N) is 1. The minimum atomic E-state index is -0.0505. The van der Waals surface area contributed by atoms with Crippen molar-refractivity contribution in [3.8, 4) is 0 Å². The Hall–Kier alpha value is -1.92. The minimum Gasteiger partial charge on any atom is -0.448 e. The molecule has 24 heavy (non-hydrogen) atoms. The number of furan rings is 1. The third kappa shape index (κ3) is 3.16. The molecular formula is C17H19ClN4O2. The van der Waals surface area contributed by atoms with Crippen LogP contribution in [0.3, 0.4) is 0 Å². The normalized spacial score (nSPS) is 18.3. The van der Waals surface area contributed by atoms with E-state index in [0.29, 0.717) is 24.1 Å². The molecule has 4 heterocycles. The SMILES string of the molecule is O=c1[nH]c(C2=NCCCC2)nc2c1CN(Cc1ccc(Cl)o1)CC2. The van der Waals surface area contributed by atoms with E-state index in [0.717, 1.165) is 61.5 Å². The number of nitrogens with zero attached hydrogens (tertiary/aromatic N) is 3. The van der Waals surface area contributed by atoms with Gasteiger partial charge in [0, 0.05) is 26.1 Å². The minimum absolute atomic E-state index is 0.0505. The van der Waals surface area contributed by atoms with Gasteiger partial charge in [-0.2, -0.15) is 0 Å². The Kier molecular flexibility index (Phi) is 4.24. The van der Waals surface area contributed by atoms with E-state index < -0.39 is 0 Å². The lowest BCUT2D eigenvalue weighted by Crippen LogP contribution is -2.36. The highest BCUT2D eigenvalue weighted by Gasteiger charge is 2.23. The molecule has 0 fully saturated rings. The second-order valence-corrected chi connectivity index (χ2v) is 6.66.